The molecule has 1 fully saturated rings. The average Bonchev–Trinajstić information content (AvgIpc) is 2.93. The molecule has 1 saturated heterocycles. The highest BCUT2D eigenvalue weighted by atomic mass is 16.1. The molecule has 0 spiro atoms. The number of hydrogen-bond acceptors (Lipinski definition) is 3. The van der Waals surface area contributed by atoms with Crippen LogP contribution in [0.25, 0.3) is 0 Å². The van der Waals surface area contributed by atoms with Crippen molar-refractivity contribution in [1.29, 1.82) is 0 Å². The van der Waals surface area contributed by atoms with Crippen molar-refractivity contribution in [2.75, 3.05) is 19.6 Å². The number of amides is 1. The molecule has 0 aromatic carbocycles. The van der Waals surface area contributed by atoms with Crippen molar-refractivity contribution in [3.05, 3.63) is 18.2 Å². The summed E-state index contributed by atoms with van der Waals surface area (Å²) >= 11 is 0. The number of carbonyl (C=O) groups is 1. The van der Waals surface area contributed by atoms with Gasteiger partial charge >= 0.3 is 0 Å². The Morgan fingerprint density at radius 1 is 1.45 bits per heavy atom. The van der Waals surface area contributed by atoms with Crippen LogP contribution in [0.1, 0.15) is 44.9 Å². The largest absolute Gasteiger partial charge is 0.356 e. The summed E-state index contributed by atoms with van der Waals surface area (Å²) in [6.07, 6.45) is 9.02. The van der Waals surface area contributed by atoms with Gasteiger partial charge in [0.2, 0.25) is 5.91 Å². The third-order valence-corrected chi connectivity index (χ3v) is 4.77. The van der Waals surface area contributed by atoms with Crippen molar-refractivity contribution in [2.24, 2.45) is 11.8 Å². The second-order valence-corrected chi connectivity index (χ2v) is 6.49. The van der Waals surface area contributed by atoms with Gasteiger partial charge in [0, 0.05) is 31.9 Å². The number of aryl methyl sites for hydroxylation is 2. The summed E-state index contributed by atoms with van der Waals surface area (Å²) in [7, 11) is 0. The lowest BCUT2D eigenvalue weighted by Gasteiger charge is -2.27. The van der Waals surface area contributed by atoms with Gasteiger partial charge in [0.15, 0.2) is 0 Å². The fraction of sp³-hybridized carbons (Fsp3) is 0.765. The number of piperidine rings is 1. The molecule has 5 nitrogen and oxygen atoms in total. The van der Waals surface area contributed by atoms with Crippen LogP contribution in [0.15, 0.2) is 12.4 Å². The first kappa shape index (κ1) is 17.0. The van der Waals surface area contributed by atoms with E-state index in [2.05, 4.69) is 27.1 Å². The van der Waals surface area contributed by atoms with E-state index in [0.29, 0.717) is 18.3 Å². The standard InChI is InChI=1S/C17H30N4O/c1-14(16-5-8-18-9-6-16)13-17(22)20-7-3-4-11-21-12-10-19-15(21)2/h10,12,14,16,18H,3-9,11,13H2,1-2H3,(H,20,22). The van der Waals surface area contributed by atoms with Gasteiger partial charge in [-0.2, -0.15) is 0 Å². The van der Waals surface area contributed by atoms with E-state index in [9.17, 15) is 4.79 Å². The molecule has 2 N–H and O–H groups in total. The highest BCUT2D eigenvalue weighted by molar-refractivity contribution is 5.76. The maximum absolute atomic E-state index is 12.0. The van der Waals surface area contributed by atoms with Crippen LogP contribution in [-0.4, -0.2) is 35.1 Å². The Morgan fingerprint density at radius 3 is 2.91 bits per heavy atom. The minimum absolute atomic E-state index is 0.213. The van der Waals surface area contributed by atoms with Gasteiger partial charge in [-0.25, -0.2) is 4.98 Å². The minimum Gasteiger partial charge on any atom is -0.356 e. The van der Waals surface area contributed by atoms with Crippen LogP contribution in [0.5, 0.6) is 0 Å². The molecule has 1 aromatic heterocycles. The fourth-order valence-corrected chi connectivity index (χ4v) is 3.22. The highest BCUT2D eigenvalue weighted by Crippen LogP contribution is 2.24. The summed E-state index contributed by atoms with van der Waals surface area (Å²) in [5.41, 5.74) is 0. The predicted octanol–water partition coefficient (Wildman–Crippen LogP) is 2.11. The van der Waals surface area contributed by atoms with Crippen molar-refractivity contribution in [1.82, 2.24) is 20.2 Å². The number of nitrogens with zero attached hydrogens (tertiary/aromatic N) is 2. The van der Waals surface area contributed by atoms with Crippen molar-refractivity contribution in [3.8, 4) is 0 Å². The highest BCUT2D eigenvalue weighted by Gasteiger charge is 2.21. The summed E-state index contributed by atoms with van der Waals surface area (Å²) in [6.45, 7) is 8.20. The molecule has 0 aliphatic carbocycles. The molecular formula is C17H30N4O. The Hall–Kier alpha value is -1.36. The van der Waals surface area contributed by atoms with Gasteiger partial charge < -0.3 is 15.2 Å². The zero-order chi connectivity index (χ0) is 15.8. The van der Waals surface area contributed by atoms with Crippen LogP contribution in [0.2, 0.25) is 0 Å². The lowest BCUT2D eigenvalue weighted by Crippen LogP contribution is -2.33. The van der Waals surface area contributed by atoms with Crippen molar-refractivity contribution < 1.29 is 4.79 Å². The van der Waals surface area contributed by atoms with Crippen molar-refractivity contribution in [3.63, 3.8) is 0 Å². The molecule has 1 amide bonds. The SMILES string of the molecule is Cc1nccn1CCCCNC(=O)CC(C)C1CCNCC1. The number of carbonyl (C=O) groups excluding carboxylic acids is 1. The minimum atomic E-state index is 0.213. The summed E-state index contributed by atoms with van der Waals surface area (Å²) in [5.74, 6) is 2.47. The molecule has 0 radical (unpaired) electrons. The van der Waals surface area contributed by atoms with Gasteiger partial charge in [-0.1, -0.05) is 6.92 Å². The van der Waals surface area contributed by atoms with Gasteiger partial charge in [-0.05, 0) is 57.5 Å². The lowest BCUT2D eigenvalue weighted by molar-refractivity contribution is -0.122. The maximum Gasteiger partial charge on any atom is 0.220 e. The third-order valence-electron chi connectivity index (χ3n) is 4.77. The van der Waals surface area contributed by atoms with Gasteiger partial charge in [0.25, 0.3) is 0 Å². The van der Waals surface area contributed by atoms with Gasteiger partial charge in [0.05, 0.1) is 0 Å². The summed E-state index contributed by atoms with van der Waals surface area (Å²) in [4.78, 5) is 16.2. The smallest absolute Gasteiger partial charge is 0.220 e. The van der Waals surface area contributed by atoms with E-state index >= 15 is 0 Å². The molecule has 5 heteroatoms. The Morgan fingerprint density at radius 2 is 2.23 bits per heavy atom. The second kappa shape index (κ2) is 8.93. The van der Waals surface area contributed by atoms with Crippen LogP contribution in [-0.2, 0) is 11.3 Å². The normalized spacial score (nSPS) is 17.4. The van der Waals surface area contributed by atoms with Crippen LogP contribution < -0.4 is 10.6 Å². The number of aromatic nitrogens is 2. The molecule has 1 atom stereocenters. The number of imidazole rings is 1. The van der Waals surface area contributed by atoms with Crippen molar-refractivity contribution >= 4 is 5.91 Å². The second-order valence-electron chi connectivity index (χ2n) is 6.49. The summed E-state index contributed by atoms with van der Waals surface area (Å²) in [5, 5.41) is 6.45. The molecule has 124 valence electrons. The van der Waals surface area contributed by atoms with Crippen LogP contribution >= 0.6 is 0 Å². The summed E-state index contributed by atoms with van der Waals surface area (Å²) < 4.78 is 2.15. The molecule has 2 heterocycles. The Balaban J connectivity index is 1.54. The van der Waals surface area contributed by atoms with Gasteiger partial charge in [0.1, 0.15) is 5.82 Å². The van der Waals surface area contributed by atoms with Crippen molar-refractivity contribution in [2.45, 2.75) is 52.5 Å². The van der Waals surface area contributed by atoms with Gasteiger partial charge in [-0.15, -0.1) is 0 Å². The monoisotopic (exact) mass is 306 g/mol. The van der Waals surface area contributed by atoms with Gasteiger partial charge in [-0.3, -0.25) is 4.79 Å². The Bertz CT molecular complexity index is 451. The molecule has 2 rings (SSSR count). The number of nitrogens with one attached hydrogen (secondary N) is 2. The zero-order valence-corrected chi connectivity index (χ0v) is 14.0. The van der Waals surface area contributed by atoms with Crippen LogP contribution in [0.3, 0.4) is 0 Å². The molecular weight excluding hydrogens is 276 g/mol. The van der Waals surface area contributed by atoms with Crippen LogP contribution in [0.4, 0.5) is 0 Å². The van der Waals surface area contributed by atoms with E-state index in [-0.39, 0.29) is 5.91 Å². The first-order valence-corrected chi connectivity index (χ1v) is 8.62. The molecule has 1 aromatic rings. The Labute approximate surface area is 133 Å². The van der Waals surface area contributed by atoms with E-state index in [1.807, 2.05) is 19.3 Å². The lowest BCUT2D eigenvalue weighted by atomic mass is 9.84. The fourth-order valence-electron chi connectivity index (χ4n) is 3.22. The topological polar surface area (TPSA) is 59.0 Å². The maximum atomic E-state index is 12.0. The van der Waals surface area contributed by atoms with E-state index in [0.717, 1.165) is 44.8 Å². The molecule has 0 saturated carbocycles. The number of hydrogen-bond donors (Lipinski definition) is 2. The Kier molecular flexibility index (Phi) is 6.90. The molecule has 1 aliphatic rings. The van der Waals surface area contributed by atoms with Crippen LogP contribution in [0, 0.1) is 18.8 Å². The quantitative estimate of drug-likeness (QED) is 0.723. The average molecular weight is 306 g/mol. The van der Waals surface area contributed by atoms with E-state index in [1.165, 1.54) is 12.8 Å². The third kappa shape index (κ3) is 5.44. The summed E-state index contributed by atoms with van der Waals surface area (Å²) in [6, 6.07) is 0. The molecule has 22 heavy (non-hydrogen) atoms. The molecule has 1 unspecified atom stereocenters. The first-order chi connectivity index (χ1) is 10.7. The number of unbranched alkanes of at least 4 members (excludes halogenated alkanes) is 1. The molecule has 1 aliphatic heterocycles. The first-order valence-electron chi connectivity index (χ1n) is 8.62. The van der Waals surface area contributed by atoms with E-state index < -0.39 is 0 Å². The van der Waals surface area contributed by atoms with E-state index in [1.54, 1.807) is 0 Å². The number of rotatable bonds is 8. The van der Waals surface area contributed by atoms with E-state index in [4.69, 9.17) is 0 Å². The predicted molar refractivity (Wildman–Crippen MR) is 88.6 cm³/mol. The zero-order valence-electron chi connectivity index (χ0n) is 14.0. The molecule has 0 bridgehead atoms.